The second-order valence-corrected chi connectivity index (χ2v) is 6.66. The summed E-state index contributed by atoms with van der Waals surface area (Å²) in [6.45, 7) is 0. The van der Waals surface area contributed by atoms with E-state index in [2.05, 4.69) is 13.3 Å². The number of rotatable bonds is 7. The second kappa shape index (κ2) is 5.93. The van der Waals surface area contributed by atoms with Gasteiger partial charge in [0.15, 0.2) is 0 Å². The van der Waals surface area contributed by atoms with Crippen molar-refractivity contribution in [3.63, 3.8) is 0 Å². The highest BCUT2D eigenvalue weighted by Crippen LogP contribution is 2.49. The van der Waals surface area contributed by atoms with E-state index in [-0.39, 0.29) is 0 Å². The molecule has 11 heteroatoms. The first-order valence-electron chi connectivity index (χ1n) is 4.87. The maximum absolute atomic E-state index is 13.0. The molecular weight excluding hydrogens is 305 g/mol. The van der Waals surface area contributed by atoms with Gasteiger partial charge in [-0.2, -0.15) is 30.7 Å². The monoisotopic (exact) mass is 318 g/mol. The van der Waals surface area contributed by atoms with Crippen molar-refractivity contribution in [3.05, 3.63) is 0 Å². The van der Waals surface area contributed by atoms with Crippen LogP contribution in [0.2, 0.25) is 6.04 Å². The predicted octanol–water partition coefficient (Wildman–Crippen LogP) is 3.09. The van der Waals surface area contributed by atoms with Crippen LogP contribution in [0.1, 0.15) is 6.42 Å². The molecule has 0 aromatic carbocycles. The Morgan fingerprint density at radius 2 is 1.16 bits per heavy atom. The minimum Gasteiger partial charge on any atom is -0.377 e. The van der Waals surface area contributed by atoms with Gasteiger partial charge in [0, 0.05) is 33.8 Å². The van der Waals surface area contributed by atoms with E-state index >= 15 is 0 Å². The molecule has 0 amide bonds. The van der Waals surface area contributed by atoms with Crippen LogP contribution in [-0.4, -0.2) is 48.2 Å². The molecule has 0 aliphatic heterocycles. The standard InChI is InChI=1S/C8H13F7O3Si/c1-16-19(17-2,18-3)5-4-6(9,10)7(11,12)8(13,14)15/h4-5H2,1-3H3. The summed E-state index contributed by atoms with van der Waals surface area (Å²) in [5.41, 5.74) is 0. The number of hydrogen-bond donors (Lipinski definition) is 0. The molecule has 116 valence electrons. The van der Waals surface area contributed by atoms with E-state index < -0.39 is 39.3 Å². The van der Waals surface area contributed by atoms with Crippen LogP contribution in [-0.2, 0) is 13.3 Å². The molecule has 3 nitrogen and oxygen atoms in total. The third-order valence-electron chi connectivity index (χ3n) is 2.49. The van der Waals surface area contributed by atoms with Gasteiger partial charge >= 0.3 is 26.8 Å². The maximum Gasteiger partial charge on any atom is 0.500 e. The molecule has 0 N–H and O–H groups in total. The lowest BCUT2D eigenvalue weighted by Gasteiger charge is -2.31. The quantitative estimate of drug-likeness (QED) is 0.533. The predicted molar refractivity (Wildman–Crippen MR) is 52.2 cm³/mol. The fraction of sp³-hybridized carbons (Fsp3) is 1.00. The van der Waals surface area contributed by atoms with E-state index in [4.69, 9.17) is 0 Å². The Kier molecular flexibility index (Phi) is 5.81. The van der Waals surface area contributed by atoms with Crippen molar-refractivity contribution < 1.29 is 44.0 Å². The minimum absolute atomic E-state index is 0.880. The van der Waals surface area contributed by atoms with Crippen molar-refractivity contribution in [1.29, 1.82) is 0 Å². The van der Waals surface area contributed by atoms with Crippen LogP contribution < -0.4 is 0 Å². The van der Waals surface area contributed by atoms with E-state index in [1.165, 1.54) is 0 Å². The molecule has 0 aromatic rings. The smallest absolute Gasteiger partial charge is 0.377 e. The van der Waals surface area contributed by atoms with Crippen molar-refractivity contribution in [3.8, 4) is 0 Å². The van der Waals surface area contributed by atoms with E-state index in [1.807, 2.05) is 0 Å². The van der Waals surface area contributed by atoms with Crippen LogP contribution in [0, 0.1) is 0 Å². The number of alkyl halides is 7. The Morgan fingerprint density at radius 1 is 0.789 bits per heavy atom. The van der Waals surface area contributed by atoms with Crippen LogP contribution in [0.15, 0.2) is 0 Å². The van der Waals surface area contributed by atoms with Gasteiger partial charge in [-0.1, -0.05) is 0 Å². The first-order valence-corrected chi connectivity index (χ1v) is 6.80. The topological polar surface area (TPSA) is 27.7 Å². The molecule has 0 fully saturated rings. The molecule has 0 radical (unpaired) electrons. The summed E-state index contributed by atoms with van der Waals surface area (Å²) in [5, 5.41) is 0. The zero-order chi connectivity index (χ0) is 15.5. The molecule has 0 aromatic heterocycles. The van der Waals surface area contributed by atoms with Gasteiger partial charge in [0.1, 0.15) is 0 Å². The molecule has 0 saturated heterocycles. The van der Waals surface area contributed by atoms with Crippen molar-refractivity contribution in [1.82, 2.24) is 0 Å². The minimum atomic E-state index is -6.34. The molecule has 0 rings (SSSR count). The second-order valence-electron chi connectivity index (χ2n) is 3.57. The van der Waals surface area contributed by atoms with Crippen molar-refractivity contribution in [2.24, 2.45) is 0 Å². The average molecular weight is 318 g/mol. The van der Waals surface area contributed by atoms with Crippen LogP contribution >= 0.6 is 0 Å². The highest BCUT2D eigenvalue weighted by Gasteiger charge is 2.72. The normalized spacial score (nSPS) is 14.8. The van der Waals surface area contributed by atoms with Crippen molar-refractivity contribution in [2.45, 2.75) is 30.5 Å². The average Bonchev–Trinajstić information content (AvgIpc) is 2.30. The van der Waals surface area contributed by atoms with Crippen LogP contribution in [0.4, 0.5) is 30.7 Å². The Labute approximate surface area is 106 Å². The Morgan fingerprint density at radius 3 is 1.42 bits per heavy atom. The Hall–Kier alpha value is -0.393. The zero-order valence-electron chi connectivity index (χ0n) is 10.3. The van der Waals surface area contributed by atoms with E-state index in [0.717, 1.165) is 21.3 Å². The molecule has 0 aliphatic rings. The van der Waals surface area contributed by atoms with Crippen molar-refractivity contribution >= 4 is 8.80 Å². The van der Waals surface area contributed by atoms with Crippen LogP contribution in [0.3, 0.4) is 0 Å². The first kappa shape index (κ1) is 18.6. The van der Waals surface area contributed by atoms with Gasteiger partial charge in [-0.15, -0.1) is 0 Å². The molecule has 0 unspecified atom stereocenters. The lowest BCUT2D eigenvalue weighted by Crippen LogP contribution is -2.53. The van der Waals surface area contributed by atoms with E-state index in [9.17, 15) is 30.7 Å². The largest absolute Gasteiger partial charge is 0.500 e. The van der Waals surface area contributed by atoms with Gasteiger partial charge in [0.2, 0.25) is 0 Å². The van der Waals surface area contributed by atoms with Gasteiger partial charge in [-0.3, -0.25) is 0 Å². The summed E-state index contributed by atoms with van der Waals surface area (Å²) in [6, 6.07) is -0.880. The lowest BCUT2D eigenvalue weighted by molar-refractivity contribution is -0.355. The Bertz CT molecular complexity index is 282. The number of hydrogen-bond acceptors (Lipinski definition) is 3. The van der Waals surface area contributed by atoms with Crippen LogP contribution in [0.5, 0.6) is 0 Å². The molecule has 19 heavy (non-hydrogen) atoms. The molecule has 0 atom stereocenters. The summed E-state index contributed by atoms with van der Waals surface area (Å²) < 4.78 is 101. The Balaban J connectivity index is 4.98. The fourth-order valence-electron chi connectivity index (χ4n) is 1.23. The molecular formula is C8H13F7O3Si. The third-order valence-corrected chi connectivity index (χ3v) is 5.22. The molecule has 0 aliphatic carbocycles. The molecule has 0 spiro atoms. The molecule has 0 heterocycles. The summed E-state index contributed by atoms with van der Waals surface area (Å²) in [4.78, 5) is 0. The van der Waals surface area contributed by atoms with Gasteiger partial charge in [0.05, 0.1) is 0 Å². The fourth-order valence-corrected chi connectivity index (χ4v) is 2.96. The molecule has 0 saturated carbocycles. The summed E-state index contributed by atoms with van der Waals surface area (Å²) in [7, 11) is -0.565. The van der Waals surface area contributed by atoms with Gasteiger partial charge in [-0.25, -0.2) is 0 Å². The zero-order valence-corrected chi connectivity index (χ0v) is 11.3. The summed E-state index contributed by atoms with van der Waals surface area (Å²) >= 11 is 0. The van der Waals surface area contributed by atoms with Crippen molar-refractivity contribution in [2.75, 3.05) is 21.3 Å². The van der Waals surface area contributed by atoms with E-state index in [0.29, 0.717) is 0 Å². The van der Waals surface area contributed by atoms with E-state index in [1.54, 1.807) is 0 Å². The molecule has 0 bridgehead atoms. The lowest BCUT2D eigenvalue weighted by atomic mass is 10.1. The number of halogens is 7. The maximum atomic E-state index is 13.0. The highest BCUT2D eigenvalue weighted by atomic mass is 28.4. The van der Waals surface area contributed by atoms with Crippen LogP contribution in [0.25, 0.3) is 0 Å². The SMILES string of the molecule is CO[Si](CCC(F)(F)C(F)(F)C(F)(F)F)(OC)OC. The van der Waals surface area contributed by atoms with Gasteiger partial charge in [0.25, 0.3) is 0 Å². The van der Waals surface area contributed by atoms with Gasteiger partial charge in [-0.05, 0) is 0 Å². The summed E-state index contributed by atoms with van der Waals surface area (Å²) in [6.07, 6.45) is -8.12. The third kappa shape index (κ3) is 3.80. The van der Waals surface area contributed by atoms with Gasteiger partial charge < -0.3 is 13.3 Å². The summed E-state index contributed by atoms with van der Waals surface area (Å²) in [5.74, 6) is -11.4. The first-order chi connectivity index (χ1) is 8.39. The highest BCUT2D eigenvalue weighted by molar-refractivity contribution is 6.60.